The topological polar surface area (TPSA) is 71.0 Å². The van der Waals surface area contributed by atoms with Crippen LogP contribution in [0.1, 0.15) is 76.7 Å². The Bertz CT molecular complexity index is 1370. The molecule has 2 unspecified atom stereocenters. The van der Waals surface area contributed by atoms with Crippen molar-refractivity contribution in [2.45, 2.75) is 94.8 Å². The summed E-state index contributed by atoms with van der Waals surface area (Å²) in [6, 6.07) is 14.9. The highest BCUT2D eigenvalue weighted by Gasteiger charge is 2.45. The quantitative estimate of drug-likeness (QED) is 0.549. The maximum atomic E-state index is 14.0. The molecule has 2 aliphatic heterocycles. The first kappa shape index (κ1) is 22.5. The molecule has 1 N–H and O–H groups in total. The molecule has 4 bridgehead atoms. The summed E-state index contributed by atoms with van der Waals surface area (Å²) >= 11 is 0. The monoisotopic (exact) mass is 484 g/mol. The van der Waals surface area contributed by atoms with Gasteiger partial charge in [0.15, 0.2) is 5.69 Å². The van der Waals surface area contributed by atoms with Gasteiger partial charge in [-0.3, -0.25) is 14.5 Å². The first-order valence-corrected chi connectivity index (χ1v) is 14.1. The summed E-state index contributed by atoms with van der Waals surface area (Å²) in [5.74, 6) is 1.87. The lowest BCUT2D eigenvalue weighted by Crippen LogP contribution is -2.58. The Morgan fingerprint density at radius 3 is 2.19 bits per heavy atom. The first-order chi connectivity index (χ1) is 17.6. The van der Waals surface area contributed by atoms with E-state index in [1.54, 1.807) is 12.1 Å². The Morgan fingerprint density at radius 1 is 0.722 bits per heavy atom. The van der Waals surface area contributed by atoms with Crippen molar-refractivity contribution in [3.05, 3.63) is 63.2 Å². The van der Waals surface area contributed by atoms with Crippen LogP contribution in [0.15, 0.2) is 52.1 Å². The zero-order valence-electron chi connectivity index (χ0n) is 20.9. The molecule has 36 heavy (non-hydrogen) atoms. The molecule has 4 heterocycles. The Labute approximate surface area is 211 Å². The van der Waals surface area contributed by atoms with E-state index in [1.807, 2.05) is 28.8 Å². The number of rotatable bonds is 3. The van der Waals surface area contributed by atoms with E-state index in [0.717, 1.165) is 41.8 Å². The van der Waals surface area contributed by atoms with Gasteiger partial charge in [-0.1, -0.05) is 43.9 Å². The van der Waals surface area contributed by atoms with Gasteiger partial charge in [-0.15, -0.1) is 0 Å². The summed E-state index contributed by atoms with van der Waals surface area (Å²) in [5.41, 5.74) is 2.27. The predicted molar refractivity (Wildman–Crippen MR) is 142 cm³/mol. The number of hydrogen-bond donors (Lipinski definition) is 1. The summed E-state index contributed by atoms with van der Waals surface area (Å²) in [6.07, 6.45) is 14.4. The number of pyridine rings is 1. The van der Waals surface area contributed by atoms with Gasteiger partial charge < -0.3 is 9.55 Å². The Morgan fingerprint density at radius 2 is 1.44 bits per heavy atom. The van der Waals surface area contributed by atoms with Crippen LogP contribution in [0.2, 0.25) is 0 Å². The van der Waals surface area contributed by atoms with E-state index in [-0.39, 0.29) is 17.2 Å². The van der Waals surface area contributed by atoms with Crippen LogP contribution in [0.5, 0.6) is 0 Å². The van der Waals surface area contributed by atoms with Crippen molar-refractivity contribution in [1.82, 2.24) is 19.4 Å². The van der Waals surface area contributed by atoms with Gasteiger partial charge in [0, 0.05) is 30.2 Å². The SMILES string of the molecule is O=c1cccc(-c2nc3ccccc3n(C3C[C@H]4CCC[C@@H](C3)N4C3C[C@H]4CCC[C@@H](C3)C4)c2=O)[nH]1. The van der Waals surface area contributed by atoms with Gasteiger partial charge in [0.25, 0.3) is 5.56 Å². The molecular formula is C30H36N4O2. The molecule has 2 saturated heterocycles. The van der Waals surface area contributed by atoms with Crippen LogP contribution >= 0.6 is 0 Å². The standard InChI is InChI=1S/C30H36N4O2/c35-28-13-5-11-26(31-28)29-30(36)34(27-12-2-1-10-25(27)32-29)24-17-21-8-4-9-22(18-24)33(21)23-15-19-6-3-7-20(14-19)16-23/h1-2,5,10-13,19-24H,3-4,6-9,14-18H2,(H,31,35)/t19-,20+,21-,22+,23?,24?. The molecule has 188 valence electrons. The van der Waals surface area contributed by atoms with Crippen molar-refractivity contribution in [3.8, 4) is 11.4 Å². The molecule has 2 aromatic heterocycles. The lowest BCUT2D eigenvalue weighted by Gasteiger charge is -2.55. The lowest BCUT2D eigenvalue weighted by atomic mass is 9.68. The summed E-state index contributed by atoms with van der Waals surface area (Å²) in [4.78, 5) is 36.5. The number of para-hydroxylation sites is 2. The number of hydrogen-bond acceptors (Lipinski definition) is 4. The van der Waals surface area contributed by atoms with Crippen LogP contribution in [0.3, 0.4) is 0 Å². The number of aromatic nitrogens is 3. The molecule has 4 fully saturated rings. The molecule has 2 saturated carbocycles. The fraction of sp³-hybridized carbons (Fsp3) is 0.567. The second-order valence-corrected chi connectivity index (χ2v) is 11.9. The fourth-order valence-corrected chi connectivity index (χ4v) is 8.41. The maximum absolute atomic E-state index is 14.0. The van der Waals surface area contributed by atoms with Gasteiger partial charge in [-0.2, -0.15) is 0 Å². The summed E-state index contributed by atoms with van der Waals surface area (Å²) in [5, 5.41) is 0. The van der Waals surface area contributed by atoms with Gasteiger partial charge in [-0.25, -0.2) is 4.98 Å². The van der Waals surface area contributed by atoms with E-state index in [9.17, 15) is 9.59 Å². The molecule has 0 spiro atoms. The molecule has 0 amide bonds. The highest BCUT2D eigenvalue weighted by atomic mass is 16.1. The summed E-state index contributed by atoms with van der Waals surface area (Å²) in [6.45, 7) is 0. The van der Waals surface area contributed by atoms with Crippen molar-refractivity contribution in [1.29, 1.82) is 0 Å². The van der Waals surface area contributed by atoms with E-state index in [0.29, 0.717) is 23.5 Å². The Kier molecular flexibility index (Phi) is 5.61. The number of fused-ring (bicyclic) bond motifs is 5. The summed E-state index contributed by atoms with van der Waals surface area (Å²) in [7, 11) is 0. The molecule has 2 aliphatic carbocycles. The number of H-pyrrole nitrogens is 1. The molecule has 6 atom stereocenters. The third-order valence-corrected chi connectivity index (χ3v) is 9.71. The zero-order valence-corrected chi connectivity index (χ0v) is 20.9. The van der Waals surface area contributed by atoms with Gasteiger partial charge in [0.1, 0.15) is 0 Å². The highest BCUT2D eigenvalue weighted by Crippen LogP contribution is 2.47. The van der Waals surface area contributed by atoms with Crippen molar-refractivity contribution in [2.75, 3.05) is 0 Å². The normalized spacial score (nSPS) is 32.4. The molecule has 6 nitrogen and oxygen atoms in total. The van der Waals surface area contributed by atoms with Crippen LogP contribution < -0.4 is 11.1 Å². The minimum absolute atomic E-state index is 0.0840. The number of nitrogens with zero attached hydrogens (tertiary/aromatic N) is 3. The smallest absolute Gasteiger partial charge is 0.279 e. The second kappa shape index (κ2) is 8.98. The van der Waals surface area contributed by atoms with E-state index >= 15 is 0 Å². The molecule has 3 aromatic rings. The third kappa shape index (κ3) is 3.85. The van der Waals surface area contributed by atoms with Crippen LogP contribution in [0, 0.1) is 11.8 Å². The predicted octanol–water partition coefficient (Wildman–Crippen LogP) is 5.28. The van der Waals surface area contributed by atoms with Gasteiger partial charge in [0.2, 0.25) is 5.56 Å². The summed E-state index contributed by atoms with van der Waals surface area (Å²) < 4.78 is 2.03. The largest absolute Gasteiger partial charge is 0.320 e. The molecule has 7 rings (SSSR count). The second-order valence-electron chi connectivity index (χ2n) is 11.9. The van der Waals surface area contributed by atoms with Crippen molar-refractivity contribution >= 4 is 11.0 Å². The average molecular weight is 485 g/mol. The first-order valence-electron chi connectivity index (χ1n) is 14.1. The van der Waals surface area contributed by atoms with Crippen LogP contribution in [0.4, 0.5) is 0 Å². The fourth-order valence-electron chi connectivity index (χ4n) is 8.41. The van der Waals surface area contributed by atoms with Gasteiger partial charge in [0.05, 0.1) is 16.7 Å². The van der Waals surface area contributed by atoms with Crippen LogP contribution in [-0.4, -0.2) is 37.6 Å². The van der Waals surface area contributed by atoms with Crippen molar-refractivity contribution in [3.63, 3.8) is 0 Å². The van der Waals surface area contributed by atoms with E-state index in [1.165, 1.54) is 63.9 Å². The minimum atomic E-state index is -0.214. The molecular weight excluding hydrogens is 448 g/mol. The van der Waals surface area contributed by atoms with Crippen LogP contribution in [-0.2, 0) is 0 Å². The molecule has 4 aliphatic rings. The Balaban J connectivity index is 1.27. The van der Waals surface area contributed by atoms with Gasteiger partial charge in [-0.05, 0) is 75.0 Å². The maximum Gasteiger partial charge on any atom is 0.279 e. The number of benzene rings is 1. The average Bonchev–Trinajstić information content (AvgIpc) is 2.87. The third-order valence-electron chi connectivity index (χ3n) is 9.71. The van der Waals surface area contributed by atoms with E-state index in [2.05, 4.69) is 9.88 Å². The van der Waals surface area contributed by atoms with Crippen LogP contribution in [0.25, 0.3) is 22.4 Å². The lowest BCUT2D eigenvalue weighted by molar-refractivity contribution is -0.0485. The number of nitrogens with one attached hydrogen (secondary N) is 1. The van der Waals surface area contributed by atoms with E-state index < -0.39 is 0 Å². The highest BCUT2D eigenvalue weighted by molar-refractivity contribution is 5.77. The van der Waals surface area contributed by atoms with Gasteiger partial charge >= 0.3 is 0 Å². The molecule has 6 heteroatoms. The molecule has 1 aromatic carbocycles. The minimum Gasteiger partial charge on any atom is -0.320 e. The van der Waals surface area contributed by atoms with E-state index in [4.69, 9.17) is 4.98 Å². The Hall–Kier alpha value is -2.73. The molecule has 0 radical (unpaired) electrons. The van der Waals surface area contributed by atoms with Crippen molar-refractivity contribution in [2.24, 2.45) is 11.8 Å². The number of piperidine rings is 2. The van der Waals surface area contributed by atoms with Crippen molar-refractivity contribution < 1.29 is 0 Å². The zero-order chi connectivity index (χ0) is 24.2. The number of aromatic amines is 1.